The van der Waals surface area contributed by atoms with Crippen molar-refractivity contribution in [2.24, 2.45) is 0 Å². The van der Waals surface area contributed by atoms with Crippen molar-refractivity contribution in [3.05, 3.63) is 47.1 Å². The smallest absolute Gasteiger partial charge is 0.252 e. The zero-order valence-electron chi connectivity index (χ0n) is 12.0. The molecule has 1 heterocycles. The highest BCUT2D eigenvalue weighted by Gasteiger charge is 2.41. The van der Waals surface area contributed by atoms with Crippen molar-refractivity contribution in [1.29, 1.82) is 0 Å². The summed E-state index contributed by atoms with van der Waals surface area (Å²) in [4.78, 5) is 16.6. The summed E-state index contributed by atoms with van der Waals surface area (Å²) in [6.45, 7) is 1.67. The van der Waals surface area contributed by atoms with Crippen LogP contribution in [0.4, 0.5) is 8.78 Å². The molecular weight excluding hydrogens is 292 g/mol. The Morgan fingerprint density at radius 1 is 1.23 bits per heavy atom. The van der Waals surface area contributed by atoms with Gasteiger partial charge < -0.3 is 9.84 Å². The van der Waals surface area contributed by atoms with E-state index in [1.165, 1.54) is 0 Å². The minimum absolute atomic E-state index is 0.0657. The lowest BCUT2D eigenvalue weighted by molar-refractivity contribution is 0.0891. The number of carbonyl (C=O) groups is 1. The van der Waals surface area contributed by atoms with Crippen molar-refractivity contribution >= 4 is 5.91 Å². The largest absolute Gasteiger partial charge is 0.340 e. The molecule has 1 aromatic carbocycles. The molecule has 1 fully saturated rings. The van der Waals surface area contributed by atoms with E-state index in [-0.39, 0.29) is 5.56 Å². The van der Waals surface area contributed by atoms with Gasteiger partial charge >= 0.3 is 0 Å². The van der Waals surface area contributed by atoms with Crippen LogP contribution in [0.15, 0.2) is 22.7 Å². The molecular formula is C15H15F2N3O2. The van der Waals surface area contributed by atoms with E-state index < -0.39 is 23.1 Å². The maximum absolute atomic E-state index is 13.3. The minimum atomic E-state index is -0.791. The van der Waals surface area contributed by atoms with Gasteiger partial charge in [0.2, 0.25) is 5.89 Å². The van der Waals surface area contributed by atoms with Crippen LogP contribution in [-0.2, 0) is 5.54 Å². The quantitative estimate of drug-likeness (QED) is 0.946. The van der Waals surface area contributed by atoms with Crippen LogP contribution < -0.4 is 5.32 Å². The highest BCUT2D eigenvalue weighted by atomic mass is 19.1. The molecule has 1 amide bonds. The number of carbonyl (C=O) groups excluding carboxylic acids is 1. The van der Waals surface area contributed by atoms with Crippen LogP contribution in [0.3, 0.4) is 0 Å². The molecule has 3 rings (SSSR count). The Labute approximate surface area is 125 Å². The third kappa shape index (κ3) is 2.70. The molecule has 116 valence electrons. The minimum Gasteiger partial charge on any atom is -0.340 e. The summed E-state index contributed by atoms with van der Waals surface area (Å²) in [5.41, 5.74) is -0.804. The van der Waals surface area contributed by atoms with Crippen LogP contribution in [0.5, 0.6) is 0 Å². The summed E-state index contributed by atoms with van der Waals surface area (Å²) >= 11 is 0. The number of amides is 1. The molecule has 0 atom stereocenters. The van der Waals surface area contributed by atoms with Gasteiger partial charge in [0.15, 0.2) is 5.82 Å². The summed E-state index contributed by atoms with van der Waals surface area (Å²) < 4.78 is 31.5. The molecule has 0 spiro atoms. The number of hydrogen-bond acceptors (Lipinski definition) is 4. The van der Waals surface area contributed by atoms with Gasteiger partial charge in [0, 0.05) is 18.6 Å². The Kier molecular flexibility index (Phi) is 3.64. The highest BCUT2D eigenvalue weighted by Crippen LogP contribution is 2.37. The van der Waals surface area contributed by atoms with Crippen molar-refractivity contribution in [2.45, 2.75) is 38.1 Å². The average molecular weight is 307 g/mol. The van der Waals surface area contributed by atoms with E-state index in [1.54, 1.807) is 6.92 Å². The lowest BCUT2D eigenvalue weighted by atomic mass is 9.96. The maximum Gasteiger partial charge on any atom is 0.252 e. The van der Waals surface area contributed by atoms with E-state index in [0.717, 1.165) is 31.0 Å². The summed E-state index contributed by atoms with van der Waals surface area (Å²) in [5, 5.41) is 6.74. The highest BCUT2D eigenvalue weighted by molar-refractivity contribution is 5.94. The van der Waals surface area contributed by atoms with Gasteiger partial charge in [-0.05, 0) is 25.0 Å². The van der Waals surface area contributed by atoms with Gasteiger partial charge in [0.05, 0.1) is 0 Å². The molecule has 5 nitrogen and oxygen atoms in total. The second kappa shape index (κ2) is 5.47. The molecule has 1 aromatic heterocycles. The first-order chi connectivity index (χ1) is 10.5. The first kappa shape index (κ1) is 14.6. The average Bonchev–Trinajstić information content (AvgIpc) is 3.07. The van der Waals surface area contributed by atoms with Crippen molar-refractivity contribution < 1.29 is 18.1 Å². The molecule has 1 saturated carbocycles. The maximum atomic E-state index is 13.3. The third-order valence-corrected chi connectivity index (χ3v) is 3.89. The topological polar surface area (TPSA) is 68.0 Å². The number of rotatable bonds is 3. The first-order valence-electron chi connectivity index (χ1n) is 7.08. The number of aromatic nitrogens is 2. The lowest BCUT2D eigenvalue weighted by Gasteiger charge is -2.26. The molecule has 0 bridgehead atoms. The van der Waals surface area contributed by atoms with E-state index in [1.807, 2.05) is 0 Å². The molecule has 1 aliphatic rings. The summed E-state index contributed by atoms with van der Waals surface area (Å²) in [6, 6.07) is 2.73. The fraction of sp³-hybridized carbons (Fsp3) is 0.400. The number of aryl methyl sites for hydroxylation is 1. The monoisotopic (exact) mass is 307 g/mol. The van der Waals surface area contributed by atoms with Crippen LogP contribution >= 0.6 is 0 Å². The molecule has 0 radical (unpaired) electrons. The Hall–Kier alpha value is -2.31. The van der Waals surface area contributed by atoms with Crippen LogP contribution in [0, 0.1) is 18.6 Å². The fourth-order valence-electron chi connectivity index (χ4n) is 2.85. The molecule has 0 saturated heterocycles. The summed E-state index contributed by atoms with van der Waals surface area (Å²) in [5.74, 6) is -1.31. The number of nitrogens with zero attached hydrogens (tertiary/aromatic N) is 2. The normalized spacial score (nSPS) is 16.7. The molecule has 22 heavy (non-hydrogen) atoms. The Balaban J connectivity index is 1.89. The van der Waals surface area contributed by atoms with Crippen molar-refractivity contribution in [2.75, 3.05) is 0 Å². The van der Waals surface area contributed by atoms with Crippen molar-refractivity contribution in [3.63, 3.8) is 0 Å². The van der Waals surface area contributed by atoms with E-state index in [9.17, 15) is 13.6 Å². The number of halogens is 2. The van der Waals surface area contributed by atoms with Crippen molar-refractivity contribution in [1.82, 2.24) is 15.5 Å². The molecule has 2 aromatic rings. The van der Waals surface area contributed by atoms with Crippen LogP contribution in [-0.4, -0.2) is 16.0 Å². The van der Waals surface area contributed by atoms with Crippen LogP contribution in [0.1, 0.15) is 47.8 Å². The third-order valence-electron chi connectivity index (χ3n) is 3.89. The number of nitrogens with one attached hydrogen (secondary N) is 1. The van der Waals surface area contributed by atoms with Gasteiger partial charge in [-0.25, -0.2) is 8.78 Å². The predicted molar refractivity (Wildman–Crippen MR) is 73.0 cm³/mol. The lowest BCUT2D eigenvalue weighted by Crippen LogP contribution is -2.44. The van der Waals surface area contributed by atoms with Crippen LogP contribution in [0.25, 0.3) is 0 Å². The molecule has 1 N–H and O–H groups in total. The SMILES string of the molecule is Cc1nc(C2(NC(=O)c3cc(F)cc(F)c3)CCCC2)no1. The van der Waals surface area contributed by atoms with Gasteiger partial charge in [-0.1, -0.05) is 18.0 Å². The van der Waals surface area contributed by atoms with E-state index in [0.29, 0.717) is 24.6 Å². The molecule has 1 aliphatic carbocycles. The second-order valence-corrected chi connectivity index (χ2v) is 5.54. The second-order valence-electron chi connectivity index (χ2n) is 5.54. The van der Waals surface area contributed by atoms with E-state index >= 15 is 0 Å². The number of benzene rings is 1. The fourth-order valence-corrected chi connectivity index (χ4v) is 2.85. The zero-order chi connectivity index (χ0) is 15.7. The van der Waals surface area contributed by atoms with Gasteiger partial charge in [-0.3, -0.25) is 4.79 Å². The van der Waals surface area contributed by atoms with Gasteiger partial charge in [0.1, 0.15) is 17.2 Å². The summed E-state index contributed by atoms with van der Waals surface area (Å²) in [7, 11) is 0. The predicted octanol–water partition coefficient (Wildman–Crippen LogP) is 2.86. The van der Waals surface area contributed by atoms with Crippen LogP contribution in [0.2, 0.25) is 0 Å². The van der Waals surface area contributed by atoms with Gasteiger partial charge in [-0.15, -0.1) is 0 Å². The summed E-state index contributed by atoms with van der Waals surface area (Å²) in [6.07, 6.45) is 3.14. The van der Waals surface area contributed by atoms with Gasteiger partial charge in [0.25, 0.3) is 5.91 Å². The first-order valence-corrected chi connectivity index (χ1v) is 7.08. The van der Waals surface area contributed by atoms with E-state index in [2.05, 4.69) is 15.5 Å². The van der Waals surface area contributed by atoms with Gasteiger partial charge in [-0.2, -0.15) is 4.98 Å². The zero-order valence-corrected chi connectivity index (χ0v) is 12.0. The van der Waals surface area contributed by atoms with Crippen molar-refractivity contribution in [3.8, 4) is 0 Å². The standard InChI is InChI=1S/C15H15F2N3O2/c1-9-18-14(20-22-9)15(4-2-3-5-15)19-13(21)10-6-11(16)8-12(17)7-10/h6-8H,2-5H2,1H3,(H,19,21). The molecule has 0 unspecified atom stereocenters. The molecule has 0 aliphatic heterocycles. The van der Waals surface area contributed by atoms with E-state index in [4.69, 9.17) is 4.52 Å². The number of hydrogen-bond donors (Lipinski definition) is 1. The Bertz CT molecular complexity index is 688. The molecule has 7 heteroatoms. The Morgan fingerprint density at radius 3 is 2.41 bits per heavy atom. The Morgan fingerprint density at radius 2 is 1.86 bits per heavy atom.